The van der Waals surface area contributed by atoms with Crippen LogP contribution in [0.3, 0.4) is 0 Å². The predicted molar refractivity (Wildman–Crippen MR) is 110 cm³/mol. The summed E-state index contributed by atoms with van der Waals surface area (Å²) in [7, 11) is 0. The number of rotatable bonds is 5. The van der Waals surface area contributed by atoms with Crippen LogP contribution in [0.15, 0.2) is 67.4 Å². The van der Waals surface area contributed by atoms with Gasteiger partial charge in [0.15, 0.2) is 11.5 Å². The first-order chi connectivity index (χ1) is 13.8. The quantitative estimate of drug-likeness (QED) is 0.455. The standard InChI is InChI=1S/C22H20N6/c1-2-3-10-27-14-20(24-15-27)22-26-25-21-18-12-17(16-7-5-4-6-8-16)13-23-19(18)9-11-28(21)22/h4-9,11-15H,2-3,10H2,1H3. The number of hydrogen-bond acceptors (Lipinski definition) is 4. The minimum absolute atomic E-state index is 0.747. The lowest BCUT2D eigenvalue weighted by atomic mass is 10.1. The Labute approximate surface area is 162 Å². The summed E-state index contributed by atoms with van der Waals surface area (Å²) in [4.78, 5) is 9.16. The van der Waals surface area contributed by atoms with Gasteiger partial charge in [-0.2, -0.15) is 0 Å². The monoisotopic (exact) mass is 368 g/mol. The Kier molecular flexibility index (Phi) is 4.09. The molecule has 0 spiro atoms. The number of aromatic nitrogens is 6. The van der Waals surface area contributed by atoms with E-state index in [4.69, 9.17) is 0 Å². The molecular weight excluding hydrogens is 348 g/mol. The van der Waals surface area contributed by atoms with Gasteiger partial charge in [-0.3, -0.25) is 9.38 Å². The first-order valence-corrected chi connectivity index (χ1v) is 9.54. The number of aryl methyl sites for hydroxylation is 1. The number of nitrogens with zero attached hydrogens (tertiary/aromatic N) is 6. The maximum absolute atomic E-state index is 4.63. The van der Waals surface area contributed by atoms with Gasteiger partial charge in [-0.1, -0.05) is 43.7 Å². The fourth-order valence-corrected chi connectivity index (χ4v) is 3.45. The molecule has 0 saturated carbocycles. The Morgan fingerprint density at radius 1 is 0.964 bits per heavy atom. The molecule has 0 amide bonds. The summed E-state index contributed by atoms with van der Waals surface area (Å²) in [6, 6.07) is 14.4. The van der Waals surface area contributed by atoms with Crippen molar-refractivity contribution in [2.75, 3.05) is 0 Å². The molecule has 0 aliphatic rings. The SMILES string of the molecule is CCCCn1cnc(-c2nnc3c4cc(-c5ccccc5)cnc4ccn23)c1. The van der Waals surface area contributed by atoms with Crippen LogP contribution in [0, 0.1) is 0 Å². The summed E-state index contributed by atoms with van der Waals surface area (Å²) < 4.78 is 4.10. The second-order valence-corrected chi connectivity index (χ2v) is 6.91. The van der Waals surface area contributed by atoms with E-state index in [1.807, 2.05) is 53.6 Å². The van der Waals surface area contributed by atoms with E-state index in [-0.39, 0.29) is 0 Å². The van der Waals surface area contributed by atoms with E-state index in [9.17, 15) is 0 Å². The highest BCUT2D eigenvalue weighted by Crippen LogP contribution is 2.26. The molecule has 28 heavy (non-hydrogen) atoms. The van der Waals surface area contributed by atoms with Crippen LogP contribution in [0.1, 0.15) is 19.8 Å². The van der Waals surface area contributed by atoms with E-state index in [2.05, 4.69) is 49.9 Å². The molecule has 0 bridgehead atoms. The fourth-order valence-electron chi connectivity index (χ4n) is 3.45. The molecule has 0 aliphatic carbocycles. The minimum atomic E-state index is 0.747. The molecule has 138 valence electrons. The highest BCUT2D eigenvalue weighted by atomic mass is 15.3. The third-order valence-corrected chi connectivity index (χ3v) is 4.98. The van der Waals surface area contributed by atoms with Crippen molar-refractivity contribution >= 4 is 16.6 Å². The fraction of sp³-hybridized carbons (Fsp3) is 0.182. The van der Waals surface area contributed by atoms with Crippen LogP contribution in [-0.2, 0) is 6.54 Å². The first kappa shape index (κ1) is 16.6. The van der Waals surface area contributed by atoms with Crippen LogP contribution in [-0.4, -0.2) is 29.1 Å². The van der Waals surface area contributed by atoms with Gasteiger partial charge in [0.05, 0.1) is 11.8 Å². The lowest BCUT2D eigenvalue weighted by Crippen LogP contribution is -1.93. The van der Waals surface area contributed by atoms with E-state index >= 15 is 0 Å². The van der Waals surface area contributed by atoms with Crippen LogP contribution in [0.4, 0.5) is 0 Å². The Morgan fingerprint density at radius 3 is 2.71 bits per heavy atom. The molecule has 0 atom stereocenters. The Hall–Kier alpha value is -3.54. The van der Waals surface area contributed by atoms with Gasteiger partial charge in [0.25, 0.3) is 0 Å². The zero-order valence-electron chi connectivity index (χ0n) is 15.7. The Bertz CT molecular complexity index is 1250. The van der Waals surface area contributed by atoms with Crippen molar-refractivity contribution in [1.82, 2.24) is 29.1 Å². The van der Waals surface area contributed by atoms with Crippen molar-refractivity contribution < 1.29 is 0 Å². The van der Waals surface area contributed by atoms with Gasteiger partial charge >= 0.3 is 0 Å². The largest absolute Gasteiger partial charge is 0.337 e. The average molecular weight is 368 g/mol. The van der Waals surface area contributed by atoms with Crippen molar-refractivity contribution in [3.05, 3.63) is 67.4 Å². The van der Waals surface area contributed by atoms with E-state index in [1.165, 1.54) is 0 Å². The smallest absolute Gasteiger partial charge is 0.188 e. The van der Waals surface area contributed by atoms with Crippen LogP contribution in [0.5, 0.6) is 0 Å². The third kappa shape index (κ3) is 2.83. The highest BCUT2D eigenvalue weighted by molar-refractivity contribution is 5.94. The minimum Gasteiger partial charge on any atom is -0.337 e. The van der Waals surface area contributed by atoms with Gasteiger partial charge in [-0.15, -0.1) is 10.2 Å². The first-order valence-electron chi connectivity index (χ1n) is 9.54. The second kappa shape index (κ2) is 6.88. The molecule has 0 aliphatic heterocycles. The molecule has 6 heteroatoms. The third-order valence-electron chi connectivity index (χ3n) is 4.98. The molecular formula is C22H20N6. The molecule has 4 heterocycles. The highest BCUT2D eigenvalue weighted by Gasteiger charge is 2.14. The second-order valence-electron chi connectivity index (χ2n) is 6.91. The lowest BCUT2D eigenvalue weighted by molar-refractivity contribution is 0.631. The van der Waals surface area contributed by atoms with Crippen LogP contribution in [0.25, 0.3) is 39.2 Å². The number of hydrogen-bond donors (Lipinski definition) is 0. The van der Waals surface area contributed by atoms with E-state index < -0.39 is 0 Å². The van der Waals surface area contributed by atoms with Gasteiger partial charge in [-0.25, -0.2) is 4.98 Å². The van der Waals surface area contributed by atoms with E-state index in [0.29, 0.717) is 0 Å². The zero-order chi connectivity index (χ0) is 18.9. The van der Waals surface area contributed by atoms with Crippen molar-refractivity contribution in [3.8, 4) is 22.6 Å². The molecule has 5 rings (SSSR count). The molecule has 0 fully saturated rings. The molecule has 6 nitrogen and oxygen atoms in total. The number of benzene rings is 1. The van der Waals surface area contributed by atoms with E-state index in [1.54, 1.807) is 0 Å². The number of fused-ring (bicyclic) bond motifs is 3. The number of unbranched alkanes of at least 4 members (excludes halogenated alkanes) is 1. The van der Waals surface area contributed by atoms with Crippen LogP contribution < -0.4 is 0 Å². The maximum Gasteiger partial charge on any atom is 0.188 e. The molecule has 5 aromatic rings. The van der Waals surface area contributed by atoms with Crippen LogP contribution >= 0.6 is 0 Å². The van der Waals surface area contributed by atoms with Crippen molar-refractivity contribution in [3.63, 3.8) is 0 Å². The Balaban J connectivity index is 1.62. The molecule has 0 N–H and O–H groups in total. The normalized spacial score (nSPS) is 11.5. The number of imidazole rings is 1. The van der Waals surface area contributed by atoms with Crippen molar-refractivity contribution in [1.29, 1.82) is 0 Å². The summed E-state index contributed by atoms with van der Waals surface area (Å²) in [6.45, 7) is 3.15. The average Bonchev–Trinajstić information content (AvgIpc) is 3.39. The molecule has 0 saturated heterocycles. The van der Waals surface area contributed by atoms with Gasteiger partial charge in [0.1, 0.15) is 5.69 Å². The maximum atomic E-state index is 4.63. The summed E-state index contributed by atoms with van der Waals surface area (Å²) in [5, 5.41) is 9.85. The molecule has 1 aromatic carbocycles. The summed E-state index contributed by atoms with van der Waals surface area (Å²) in [5.74, 6) is 0.747. The number of pyridine rings is 2. The molecule has 0 unspecified atom stereocenters. The summed E-state index contributed by atoms with van der Waals surface area (Å²) in [5.41, 5.74) is 4.72. The van der Waals surface area contributed by atoms with Crippen molar-refractivity contribution in [2.45, 2.75) is 26.3 Å². The van der Waals surface area contributed by atoms with Gasteiger partial charge in [-0.05, 0) is 24.1 Å². The lowest BCUT2D eigenvalue weighted by Gasteiger charge is -2.05. The van der Waals surface area contributed by atoms with Crippen LogP contribution in [0.2, 0.25) is 0 Å². The summed E-state index contributed by atoms with van der Waals surface area (Å²) >= 11 is 0. The topological polar surface area (TPSA) is 60.9 Å². The Morgan fingerprint density at radius 2 is 1.86 bits per heavy atom. The van der Waals surface area contributed by atoms with Gasteiger partial charge in [0.2, 0.25) is 0 Å². The molecule has 4 aromatic heterocycles. The van der Waals surface area contributed by atoms with Gasteiger partial charge < -0.3 is 4.57 Å². The van der Waals surface area contributed by atoms with Gasteiger partial charge in [0, 0.05) is 36.1 Å². The van der Waals surface area contributed by atoms with Crippen molar-refractivity contribution in [2.24, 2.45) is 0 Å². The zero-order valence-corrected chi connectivity index (χ0v) is 15.7. The van der Waals surface area contributed by atoms with E-state index in [0.717, 1.165) is 58.6 Å². The molecule has 0 radical (unpaired) electrons. The predicted octanol–water partition coefficient (Wildman–Crippen LogP) is 4.61. The summed E-state index contributed by atoms with van der Waals surface area (Å²) in [6.07, 6.45) is 10.1.